The summed E-state index contributed by atoms with van der Waals surface area (Å²) in [4.78, 5) is 21.2. The molecular weight excluding hydrogens is 580 g/mol. The summed E-state index contributed by atoms with van der Waals surface area (Å²) in [6, 6.07) is 14.1. The predicted molar refractivity (Wildman–Crippen MR) is 154 cm³/mol. The summed E-state index contributed by atoms with van der Waals surface area (Å²) >= 11 is 0. The number of carboxylic acids is 1. The molecule has 222 valence electrons. The molecule has 0 amide bonds. The molecule has 1 fully saturated rings. The molecular formula is C31H27F2N3O6S. The van der Waals surface area contributed by atoms with Crippen molar-refractivity contribution in [1.82, 2.24) is 15.0 Å². The maximum atomic E-state index is 15.2. The normalized spacial score (nSPS) is 17.0. The largest absolute Gasteiger partial charge is 0.481 e. The quantitative estimate of drug-likeness (QED) is 0.194. The molecule has 43 heavy (non-hydrogen) atoms. The van der Waals surface area contributed by atoms with Crippen molar-refractivity contribution < 1.29 is 36.6 Å². The van der Waals surface area contributed by atoms with Gasteiger partial charge in [0.15, 0.2) is 21.4 Å². The number of carboxylic acid groups (broad SMARTS) is 1. The number of aromatic amines is 2. The summed E-state index contributed by atoms with van der Waals surface area (Å²) in [7, 11) is -3.91. The number of rotatable bonds is 9. The van der Waals surface area contributed by atoms with E-state index in [1.54, 1.807) is 6.20 Å². The summed E-state index contributed by atoms with van der Waals surface area (Å²) in [5.41, 5.74) is 2.20. The molecule has 0 bridgehead atoms. The minimum absolute atomic E-state index is 0.00741. The monoisotopic (exact) mass is 607 g/mol. The average molecular weight is 608 g/mol. The number of ether oxygens (including phenoxy) is 2. The molecule has 6 rings (SSSR count). The summed E-state index contributed by atoms with van der Waals surface area (Å²) in [5, 5.41) is 9.37. The zero-order valence-corrected chi connectivity index (χ0v) is 23.8. The van der Waals surface area contributed by atoms with Gasteiger partial charge in [0.05, 0.1) is 17.6 Å². The lowest BCUT2D eigenvalue weighted by Gasteiger charge is -2.27. The Morgan fingerprint density at radius 3 is 2.72 bits per heavy atom. The van der Waals surface area contributed by atoms with Gasteiger partial charge in [-0.25, -0.2) is 22.2 Å². The second-order valence-corrected chi connectivity index (χ2v) is 12.5. The van der Waals surface area contributed by atoms with Gasteiger partial charge in [0, 0.05) is 54.3 Å². The van der Waals surface area contributed by atoms with Crippen LogP contribution in [0.1, 0.15) is 29.7 Å². The lowest BCUT2D eigenvalue weighted by molar-refractivity contribution is -0.136. The van der Waals surface area contributed by atoms with Crippen molar-refractivity contribution in [3.8, 4) is 22.9 Å². The highest BCUT2D eigenvalue weighted by atomic mass is 32.2. The average Bonchev–Trinajstić information content (AvgIpc) is 3.74. The second kappa shape index (κ2) is 10.9. The first-order valence-corrected chi connectivity index (χ1v) is 15.4. The van der Waals surface area contributed by atoms with Crippen LogP contribution in [0.5, 0.6) is 11.5 Å². The Balaban J connectivity index is 1.36. The summed E-state index contributed by atoms with van der Waals surface area (Å²) in [6.07, 6.45) is 5.09. The highest BCUT2D eigenvalue weighted by molar-refractivity contribution is 7.91. The van der Waals surface area contributed by atoms with E-state index >= 15 is 8.78 Å². The Bertz CT molecular complexity index is 1960. The van der Waals surface area contributed by atoms with Gasteiger partial charge in [0.25, 0.3) is 0 Å². The molecule has 9 nitrogen and oxygen atoms in total. The molecule has 3 heterocycles. The first kappa shape index (κ1) is 28.6. The van der Waals surface area contributed by atoms with Crippen LogP contribution in [0.25, 0.3) is 22.3 Å². The van der Waals surface area contributed by atoms with Crippen LogP contribution in [0.3, 0.4) is 0 Å². The lowest BCUT2D eigenvalue weighted by Crippen LogP contribution is -2.28. The molecule has 12 heteroatoms. The van der Waals surface area contributed by atoms with E-state index in [2.05, 4.69) is 15.0 Å². The van der Waals surface area contributed by atoms with E-state index in [0.717, 1.165) is 29.5 Å². The standard InChI is InChI=1S/C31H27F2N3O6S/c1-43(39,40)29-21-9-11-34-25(21)15-24(33)28(29)42-20-6-7-23(32)22(14-20)30-35-16-26(36-30)31(10-12-41-17-31)19-4-2-3-18(13-19)5-8-27(37)38/h2-4,6-7,9,11,13-16,34H,5,8,10,12,17H2,1H3,(H,35,36)(H,37,38). The molecule has 0 saturated carbocycles. The molecule has 0 spiro atoms. The molecule has 1 atom stereocenters. The van der Waals surface area contributed by atoms with Gasteiger partial charge in [-0.2, -0.15) is 0 Å². The molecule has 0 radical (unpaired) electrons. The van der Waals surface area contributed by atoms with Crippen molar-refractivity contribution >= 4 is 26.7 Å². The Labute approximate surface area is 245 Å². The minimum atomic E-state index is -3.91. The summed E-state index contributed by atoms with van der Waals surface area (Å²) in [5.74, 6) is -2.68. The number of hydrogen-bond acceptors (Lipinski definition) is 6. The fourth-order valence-corrected chi connectivity index (χ4v) is 6.64. The molecule has 2 aromatic heterocycles. The van der Waals surface area contributed by atoms with Crippen LogP contribution in [0, 0.1) is 11.6 Å². The number of halogens is 2. The third-order valence-corrected chi connectivity index (χ3v) is 8.87. The van der Waals surface area contributed by atoms with E-state index in [9.17, 15) is 13.2 Å². The SMILES string of the molecule is CS(=O)(=O)c1c(Oc2ccc(F)c(-c3ncc(C4(c5cccc(CCC(=O)O)c5)CCOC4)[nH]3)c2)c(F)cc2[nH]ccc12. The number of nitrogens with one attached hydrogen (secondary N) is 2. The third kappa shape index (κ3) is 5.39. The van der Waals surface area contributed by atoms with Crippen molar-refractivity contribution in [1.29, 1.82) is 0 Å². The molecule has 0 aliphatic carbocycles. The van der Waals surface area contributed by atoms with Crippen molar-refractivity contribution in [3.63, 3.8) is 0 Å². The van der Waals surface area contributed by atoms with Crippen molar-refractivity contribution in [2.24, 2.45) is 0 Å². The highest BCUT2D eigenvalue weighted by Gasteiger charge is 2.40. The summed E-state index contributed by atoms with van der Waals surface area (Å²) in [6.45, 7) is 0.836. The molecule has 5 aromatic rings. The Morgan fingerprint density at radius 1 is 1.14 bits per heavy atom. The van der Waals surface area contributed by atoms with Gasteiger partial charge in [-0.15, -0.1) is 0 Å². The van der Waals surface area contributed by atoms with E-state index < -0.39 is 38.6 Å². The molecule has 1 unspecified atom stereocenters. The number of aliphatic carboxylic acids is 1. The van der Waals surface area contributed by atoms with Gasteiger partial charge >= 0.3 is 5.97 Å². The van der Waals surface area contributed by atoms with E-state index in [0.29, 0.717) is 37.3 Å². The second-order valence-electron chi connectivity index (χ2n) is 10.6. The molecule has 1 aliphatic heterocycles. The van der Waals surface area contributed by atoms with Crippen LogP contribution in [0.15, 0.2) is 71.9 Å². The number of hydrogen-bond donors (Lipinski definition) is 3. The van der Waals surface area contributed by atoms with E-state index in [1.165, 1.54) is 24.4 Å². The van der Waals surface area contributed by atoms with Crippen LogP contribution < -0.4 is 4.74 Å². The minimum Gasteiger partial charge on any atom is -0.481 e. The Morgan fingerprint density at radius 2 is 1.98 bits per heavy atom. The third-order valence-electron chi connectivity index (χ3n) is 7.72. The fraction of sp³-hybridized carbons (Fsp3) is 0.226. The number of H-pyrrole nitrogens is 2. The van der Waals surface area contributed by atoms with Crippen LogP contribution in [0.4, 0.5) is 8.78 Å². The first-order chi connectivity index (χ1) is 20.5. The Kier molecular flexibility index (Phi) is 7.26. The van der Waals surface area contributed by atoms with E-state index in [-0.39, 0.29) is 33.8 Å². The van der Waals surface area contributed by atoms with Crippen molar-refractivity contribution in [2.75, 3.05) is 19.5 Å². The number of nitrogens with zero attached hydrogens (tertiary/aromatic N) is 1. The zero-order valence-electron chi connectivity index (χ0n) is 23.0. The molecule has 1 saturated heterocycles. The topological polar surface area (TPSA) is 134 Å². The first-order valence-electron chi connectivity index (χ1n) is 13.5. The number of aromatic nitrogens is 3. The molecule has 1 aliphatic rings. The number of benzene rings is 3. The van der Waals surface area contributed by atoms with Gasteiger partial charge in [-0.1, -0.05) is 24.3 Å². The van der Waals surface area contributed by atoms with Gasteiger partial charge in [-0.3, -0.25) is 4.79 Å². The Hall–Kier alpha value is -4.55. The van der Waals surface area contributed by atoms with Crippen molar-refractivity contribution in [2.45, 2.75) is 29.6 Å². The van der Waals surface area contributed by atoms with Crippen LogP contribution in [0.2, 0.25) is 0 Å². The molecule has 3 aromatic carbocycles. The fourth-order valence-electron chi connectivity index (χ4n) is 5.59. The number of fused-ring (bicyclic) bond motifs is 1. The lowest BCUT2D eigenvalue weighted by atomic mass is 9.76. The number of sulfone groups is 1. The van der Waals surface area contributed by atoms with Crippen LogP contribution in [-0.4, -0.2) is 53.9 Å². The molecule has 3 N–H and O–H groups in total. The van der Waals surface area contributed by atoms with Crippen molar-refractivity contribution in [3.05, 3.63) is 95.4 Å². The summed E-state index contributed by atoms with van der Waals surface area (Å²) < 4.78 is 67.1. The van der Waals surface area contributed by atoms with Gasteiger partial charge < -0.3 is 24.5 Å². The van der Waals surface area contributed by atoms with Gasteiger partial charge in [0.1, 0.15) is 22.3 Å². The van der Waals surface area contributed by atoms with E-state index in [1.807, 2.05) is 24.3 Å². The number of aryl methyl sites for hydroxylation is 1. The smallest absolute Gasteiger partial charge is 0.303 e. The van der Waals surface area contributed by atoms with Gasteiger partial charge in [0.2, 0.25) is 0 Å². The number of carbonyl (C=O) groups is 1. The van der Waals surface area contributed by atoms with Crippen LogP contribution >= 0.6 is 0 Å². The highest BCUT2D eigenvalue weighted by Crippen LogP contribution is 2.41. The predicted octanol–water partition coefficient (Wildman–Crippen LogP) is 5.76. The van der Waals surface area contributed by atoms with E-state index in [4.69, 9.17) is 14.6 Å². The number of imidazole rings is 1. The van der Waals surface area contributed by atoms with Crippen LogP contribution in [-0.2, 0) is 31.2 Å². The van der Waals surface area contributed by atoms with Gasteiger partial charge in [-0.05, 0) is 48.2 Å². The maximum absolute atomic E-state index is 15.2. The zero-order chi connectivity index (χ0) is 30.4. The maximum Gasteiger partial charge on any atom is 0.303 e.